The fourth-order valence-corrected chi connectivity index (χ4v) is 2.57. The lowest BCUT2D eigenvalue weighted by atomic mass is 9.78. The van der Waals surface area contributed by atoms with Crippen molar-refractivity contribution in [3.63, 3.8) is 0 Å². The maximum atomic E-state index is 12.2. The Balaban J connectivity index is 2.03. The topological polar surface area (TPSA) is 92.9 Å². The molecule has 6 nitrogen and oxygen atoms in total. The van der Waals surface area contributed by atoms with Gasteiger partial charge in [0.1, 0.15) is 5.69 Å². The molecule has 4 N–H and O–H groups in total. The van der Waals surface area contributed by atoms with Gasteiger partial charge in [0.25, 0.3) is 5.91 Å². The van der Waals surface area contributed by atoms with Crippen molar-refractivity contribution in [2.24, 2.45) is 17.7 Å². The van der Waals surface area contributed by atoms with Crippen LogP contribution in [0.4, 0.5) is 5.82 Å². The van der Waals surface area contributed by atoms with E-state index in [0.29, 0.717) is 23.3 Å². The molecule has 1 aromatic heterocycles. The third kappa shape index (κ3) is 3.20. The van der Waals surface area contributed by atoms with Crippen LogP contribution in [0.3, 0.4) is 0 Å². The van der Waals surface area contributed by atoms with E-state index < -0.39 is 0 Å². The van der Waals surface area contributed by atoms with Gasteiger partial charge < -0.3 is 10.7 Å². The highest BCUT2D eigenvalue weighted by Crippen LogP contribution is 2.29. The summed E-state index contributed by atoms with van der Waals surface area (Å²) in [5.41, 5.74) is 2.68. The first kappa shape index (κ1) is 13.7. The highest BCUT2D eigenvalue weighted by atomic mass is 16.2. The van der Waals surface area contributed by atoms with Gasteiger partial charge in [0.2, 0.25) is 0 Å². The number of hydrogen-bond donors (Lipinski definition) is 3. The summed E-state index contributed by atoms with van der Waals surface area (Å²) in [6, 6.07) is 0.215. The molecule has 0 radical (unpaired) electrons. The predicted molar refractivity (Wildman–Crippen MR) is 73.3 cm³/mol. The molecule has 3 atom stereocenters. The first-order valence-corrected chi connectivity index (χ1v) is 6.71. The lowest BCUT2D eigenvalue weighted by molar-refractivity contribution is 0.0885. The number of carbonyl (C=O) groups excluding carboxylic acids is 1. The van der Waals surface area contributed by atoms with Gasteiger partial charge in [-0.1, -0.05) is 26.7 Å². The Hall–Kier alpha value is -1.69. The quantitative estimate of drug-likeness (QED) is 0.565. The summed E-state index contributed by atoms with van der Waals surface area (Å²) in [6.07, 6.45) is 6.35. The fraction of sp³-hybridized carbons (Fsp3) is 0.615. The number of rotatable bonds is 3. The standard InChI is InChI=1S/C13H21N5O/c1-8-4-3-5-10(9(8)2)17-13(19)11-6-15-7-12(16-11)18-14/h6-10H,3-5,14H2,1-2H3,(H,16,18)(H,17,19). The molecule has 1 amide bonds. The van der Waals surface area contributed by atoms with Crippen LogP contribution in [-0.2, 0) is 0 Å². The minimum absolute atomic E-state index is 0.185. The molecule has 0 aromatic carbocycles. The number of amides is 1. The molecule has 1 saturated carbocycles. The largest absolute Gasteiger partial charge is 0.348 e. The molecule has 1 aliphatic carbocycles. The molecule has 0 spiro atoms. The number of carbonyl (C=O) groups is 1. The van der Waals surface area contributed by atoms with Crippen LogP contribution in [0.1, 0.15) is 43.6 Å². The van der Waals surface area contributed by atoms with Gasteiger partial charge in [0.05, 0.1) is 12.4 Å². The van der Waals surface area contributed by atoms with Gasteiger partial charge in [-0.3, -0.25) is 9.78 Å². The molecule has 6 heteroatoms. The third-order valence-electron chi connectivity index (χ3n) is 4.04. The summed E-state index contributed by atoms with van der Waals surface area (Å²) in [4.78, 5) is 20.2. The van der Waals surface area contributed by atoms with Crippen LogP contribution < -0.4 is 16.6 Å². The van der Waals surface area contributed by atoms with Crippen molar-refractivity contribution in [3.8, 4) is 0 Å². The number of nitrogens with two attached hydrogens (primary N) is 1. The van der Waals surface area contributed by atoms with E-state index in [4.69, 9.17) is 5.84 Å². The number of anilines is 1. The van der Waals surface area contributed by atoms with Crippen LogP contribution >= 0.6 is 0 Å². The molecule has 3 unspecified atom stereocenters. The van der Waals surface area contributed by atoms with Crippen LogP contribution in [0.2, 0.25) is 0 Å². The van der Waals surface area contributed by atoms with E-state index in [1.54, 1.807) is 0 Å². The van der Waals surface area contributed by atoms with E-state index in [1.807, 2.05) is 0 Å². The zero-order chi connectivity index (χ0) is 13.8. The van der Waals surface area contributed by atoms with Crippen molar-refractivity contribution in [2.45, 2.75) is 39.2 Å². The number of hydrazine groups is 1. The zero-order valence-corrected chi connectivity index (χ0v) is 11.4. The highest BCUT2D eigenvalue weighted by molar-refractivity contribution is 5.92. The SMILES string of the molecule is CC1CCCC(NC(=O)c2cncc(NN)n2)C1C. The van der Waals surface area contributed by atoms with E-state index in [2.05, 4.69) is 34.6 Å². The normalized spacial score (nSPS) is 26.8. The fourth-order valence-electron chi connectivity index (χ4n) is 2.57. The summed E-state index contributed by atoms with van der Waals surface area (Å²) in [5, 5.41) is 3.06. The molecule has 2 rings (SSSR count). The van der Waals surface area contributed by atoms with Crippen LogP contribution in [0.25, 0.3) is 0 Å². The molecule has 1 aliphatic rings. The number of nitrogens with zero attached hydrogens (tertiary/aromatic N) is 2. The van der Waals surface area contributed by atoms with Crippen molar-refractivity contribution in [1.29, 1.82) is 0 Å². The molecular weight excluding hydrogens is 242 g/mol. The van der Waals surface area contributed by atoms with Crippen LogP contribution in [0.5, 0.6) is 0 Å². The summed E-state index contributed by atoms with van der Waals surface area (Å²) < 4.78 is 0. The Morgan fingerprint density at radius 3 is 2.89 bits per heavy atom. The van der Waals surface area contributed by atoms with Gasteiger partial charge in [0.15, 0.2) is 5.82 Å². The second kappa shape index (κ2) is 5.97. The van der Waals surface area contributed by atoms with Crippen molar-refractivity contribution >= 4 is 11.7 Å². The van der Waals surface area contributed by atoms with Crippen molar-refractivity contribution in [2.75, 3.05) is 5.43 Å². The molecule has 19 heavy (non-hydrogen) atoms. The maximum absolute atomic E-state index is 12.2. The van der Waals surface area contributed by atoms with Crippen molar-refractivity contribution in [1.82, 2.24) is 15.3 Å². The van der Waals surface area contributed by atoms with Gasteiger partial charge in [-0.15, -0.1) is 0 Å². The molecule has 104 valence electrons. The molecule has 0 bridgehead atoms. The molecule has 1 fully saturated rings. The summed E-state index contributed by atoms with van der Waals surface area (Å²) in [6.45, 7) is 4.43. The molecule has 1 aromatic rings. The van der Waals surface area contributed by atoms with Gasteiger partial charge in [-0.05, 0) is 18.3 Å². The Morgan fingerprint density at radius 2 is 2.16 bits per heavy atom. The summed E-state index contributed by atoms with van der Waals surface area (Å²) in [7, 11) is 0. The van der Waals surface area contributed by atoms with E-state index >= 15 is 0 Å². The minimum atomic E-state index is -0.185. The van der Waals surface area contributed by atoms with E-state index in [-0.39, 0.29) is 11.9 Å². The molecule has 0 aliphatic heterocycles. The smallest absolute Gasteiger partial charge is 0.271 e. The third-order valence-corrected chi connectivity index (χ3v) is 4.04. The Labute approximate surface area is 113 Å². The number of aromatic nitrogens is 2. The van der Waals surface area contributed by atoms with E-state index in [1.165, 1.54) is 18.8 Å². The number of nitrogens with one attached hydrogen (secondary N) is 2. The second-order valence-corrected chi connectivity index (χ2v) is 5.28. The lowest BCUT2D eigenvalue weighted by Crippen LogP contribution is -2.44. The van der Waals surface area contributed by atoms with Crippen LogP contribution in [-0.4, -0.2) is 21.9 Å². The Kier molecular flexibility index (Phi) is 4.31. The molecule has 1 heterocycles. The van der Waals surface area contributed by atoms with Crippen molar-refractivity contribution in [3.05, 3.63) is 18.1 Å². The lowest BCUT2D eigenvalue weighted by Gasteiger charge is -2.34. The van der Waals surface area contributed by atoms with Crippen LogP contribution in [0, 0.1) is 11.8 Å². The predicted octanol–water partition coefficient (Wildman–Crippen LogP) is 1.32. The monoisotopic (exact) mass is 263 g/mol. The first-order valence-electron chi connectivity index (χ1n) is 6.71. The van der Waals surface area contributed by atoms with Gasteiger partial charge in [-0.2, -0.15) is 0 Å². The average Bonchev–Trinajstić information content (AvgIpc) is 2.44. The first-order chi connectivity index (χ1) is 9.11. The highest BCUT2D eigenvalue weighted by Gasteiger charge is 2.28. The molecular formula is C13H21N5O. The maximum Gasteiger partial charge on any atom is 0.271 e. The van der Waals surface area contributed by atoms with Crippen LogP contribution in [0.15, 0.2) is 12.4 Å². The van der Waals surface area contributed by atoms with Gasteiger partial charge in [0, 0.05) is 6.04 Å². The Bertz CT molecular complexity index is 450. The Morgan fingerprint density at radius 1 is 1.37 bits per heavy atom. The number of hydrogen-bond acceptors (Lipinski definition) is 5. The summed E-state index contributed by atoms with van der Waals surface area (Å²) in [5.74, 6) is 6.59. The van der Waals surface area contributed by atoms with E-state index in [0.717, 1.165) is 12.8 Å². The summed E-state index contributed by atoms with van der Waals surface area (Å²) >= 11 is 0. The molecule has 0 saturated heterocycles. The van der Waals surface area contributed by atoms with Crippen molar-refractivity contribution < 1.29 is 4.79 Å². The number of nitrogen functional groups attached to an aromatic ring is 1. The minimum Gasteiger partial charge on any atom is -0.348 e. The average molecular weight is 263 g/mol. The van der Waals surface area contributed by atoms with E-state index in [9.17, 15) is 4.79 Å². The van der Waals surface area contributed by atoms with Gasteiger partial charge >= 0.3 is 0 Å². The second-order valence-electron chi connectivity index (χ2n) is 5.28. The zero-order valence-electron chi connectivity index (χ0n) is 11.4. The van der Waals surface area contributed by atoms with Gasteiger partial charge in [-0.25, -0.2) is 10.8 Å².